The van der Waals surface area contributed by atoms with Crippen LogP contribution in [0.1, 0.15) is 35.2 Å². The highest BCUT2D eigenvalue weighted by Gasteiger charge is 2.27. The summed E-state index contributed by atoms with van der Waals surface area (Å²) < 4.78 is 5.10. The standard InChI is InChI=1S/C14H17BN2O4/c18-13-4-2-11(17-13)5-6-16-14(19)9-1-3-12-10(7-9)8-21-15(12)20/h1,3,7,11,20H,2,4-6,8H2,(H,16,19)(H,17,18). The summed E-state index contributed by atoms with van der Waals surface area (Å²) >= 11 is 0. The van der Waals surface area contributed by atoms with Gasteiger partial charge in [0.05, 0.1) is 6.61 Å². The lowest BCUT2D eigenvalue weighted by atomic mass is 9.79. The van der Waals surface area contributed by atoms with Crippen molar-refractivity contribution in [1.82, 2.24) is 10.6 Å². The summed E-state index contributed by atoms with van der Waals surface area (Å²) in [6.07, 6.45) is 2.15. The first-order valence-electron chi connectivity index (χ1n) is 7.13. The van der Waals surface area contributed by atoms with Crippen LogP contribution in [0, 0.1) is 0 Å². The molecule has 21 heavy (non-hydrogen) atoms. The van der Waals surface area contributed by atoms with Gasteiger partial charge in [-0.1, -0.05) is 6.07 Å². The fourth-order valence-corrected chi connectivity index (χ4v) is 2.73. The number of hydrogen-bond acceptors (Lipinski definition) is 4. The molecule has 0 aliphatic carbocycles. The number of hydrogen-bond donors (Lipinski definition) is 3. The first kappa shape index (κ1) is 14.1. The molecular formula is C14H17BN2O4. The normalized spacial score (nSPS) is 20.3. The first-order chi connectivity index (χ1) is 10.1. The molecule has 2 aliphatic rings. The van der Waals surface area contributed by atoms with Gasteiger partial charge in [0.25, 0.3) is 5.91 Å². The zero-order valence-electron chi connectivity index (χ0n) is 11.6. The molecule has 2 aliphatic heterocycles. The molecule has 0 spiro atoms. The van der Waals surface area contributed by atoms with Crippen molar-refractivity contribution in [3.8, 4) is 0 Å². The SMILES string of the molecule is O=C1CCC(CCNC(=O)c2ccc3c(c2)COB3O)N1. The van der Waals surface area contributed by atoms with Gasteiger partial charge in [0.15, 0.2) is 0 Å². The Balaban J connectivity index is 1.53. The molecule has 1 atom stereocenters. The van der Waals surface area contributed by atoms with Crippen molar-refractivity contribution in [2.24, 2.45) is 0 Å². The quantitative estimate of drug-likeness (QED) is 0.640. The molecule has 2 amide bonds. The molecular weight excluding hydrogens is 271 g/mol. The predicted octanol–water partition coefficient (Wildman–Crippen LogP) is -0.697. The first-order valence-corrected chi connectivity index (χ1v) is 7.13. The molecule has 1 unspecified atom stereocenters. The van der Waals surface area contributed by atoms with Gasteiger partial charge < -0.3 is 20.3 Å². The van der Waals surface area contributed by atoms with E-state index in [1.807, 2.05) is 0 Å². The highest BCUT2D eigenvalue weighted by Crippen LogP contribution is 2.12. The van der Waals surface area contributed by atoms with Crippen molar-refractivity contribution in [3.05, 3.63) is 29.3 Å². The molecule has 1 saturated heterocycles. The molecule has 1 aromatic rings. The van der Waals surface area contributed by atoms with Gasteiger partial charge in [-0.25, -0.2) is 0 Å². The van der Waals surface area contributed by atoms with E-state index in [0.29, 0.717) is 25.1 Å². The van der Waals surface area contributed by atoms with Crippen LogP contribution in [-0.2, 0) is 16.1 Å². The maximum absolute atomic E-state index is 12.1. The van der Waals surface area contributed by atoms with Crippen LogP contribution < -0.4 is 16.1 Å². The van der Waals surface area contributed by atoms with Crippen LogP contribution in [0.5, 0.6) is 0 Å². The molecule has 7 heteroatoms. The molecule has 0 saturated carbocycles. The second-order valence-electron chi connectivity index (χ2n) is 5.42. The Morgan fingerprint density at radius 3 is 3.14 bits per heavy atom. The van der Waals surface area contributed by atoms with E-state index in [1.54, 1.807) is 18.2 Å². The second kappa shape index (κ2) is 5.87. The Morgan fingerprint density at radius 2 is 2.38 bits per heavy atom. The van der Waals surface area contributed by atoms with Crippen LogP contribution in [0.4, 0.5) is 0 Å². The van der Waals surface area contributed by atoms with E-state index >= 15 is 0 Å². The van der Waals surface area contributed by atoms with Gasteiger partial charge in [-0.05, 0) is 36.0 Å². The van der Waals surface area contributed by atoms with Crippen molar-refractivity contribution in [3.63, 3.8) is 0 Å². The van der Waals surface area contributed by atoms with Crippen LogP contribution in [-0.4, -0.2) is 36.5 Å². The van der Waals surface area contributed by atoms with Crippen molar-refractivity contribution in [2.75, 3.05) is 6.54 Å². The molecule has 3 N–H and O–H groups in total. The number of nitrogens with one attached hydrogen (secondary N) is 2. The summed E-state index contributed by atoms with van der Waals surface area (Å²) in [6.45, 7) is 0.853. The zero-order chi connectivity index (χ0) is 14.8. The van der Waals surface area contributed by atoms with Crippen molar-refractivity contribution in [1.29, 1.82) is 0 Å². The van der Waals surface area contributed by atoms with Gasteiger partial charge in [0.2, 0.25) is 5.91 Å². The summed E-state index contributed by atoms with van der Waals surface area (Å²) in [7, 11) is -0.886. The number of amides is 2. The smallest absolute Gasteiger partial charge is 0.423 e. The van der Waals surface area contributed by atoms with E-state index in [9.17, 15) is 14.6 Å². The van der Waals surface area contributed by atoms with Crippen molar-refractivity contribution >= 4 is 24.4 Å². The van der Waals surface area contributed by atoms with E-state index in [-0.39, 0.29) is 17.9 Å². The van der Waals surface area contributed by atoms with Crippen LogP contribution in [0.15, 0.2) is 18.2 Å². The highest BCUT2D eigenvalue weighted by molar-refractivity contribution is 6.61. The van der Waals surface area contributed by atoms with E-state index in [0.717, 1.165) is 23.9 Å². The Hall–Kier alpha value is -1.86. The molecule has 0 bridgehead atoms. The molecule has 0 aromatic heterocycles. The van der Waals surface area contributed by atoms with Gasteiger partial charge in [0, 0.05) is 24.6 Å². The summed E-state index contributed by atoms with van der Waals surface area (Å²) in [5, 5.41) is 15.3. The number of carbonyl (C=O) groups excluding carboxylic acids is 2. The lowest BCUT2D eigenvalue weighted by Crippen LogP contribution is -2.32. The Bertz CT molecular complexity index is 578. The van der Waals surface area contributed by atoms with Crippen LogP contribution in [0.25, 0.3) is 0 Å². The lowest BCUT2D eigenvalue weighted by molar-refractivity contribution is -0.119. The molecule has 2 heterocycles. The molecule has 1 aromatic carbocycles. The van der Waals surface area contributed by atoms with Crippen LogP contribution in [0.2, 0.25) is 0 Å². The average molecular weight is 288 g/mol. The van der Waals surface area contributed by atoms with Gasteiger partial charge in [-0.15, -0.1) is 0 Å². The number of benzene rings is 1. The van der Waals surface area contributed by atoms with E-state index < -0.39 is 7.12 Å². The zero-order valence-corrected chi connectivity index (χ0v) is 11.6. The summed E-state index contributed by atoms with van der Waals surface area (Å²) in [5.74, 6) is -0.0629. The maximum Gasteiger partial charge on any atom is 0.491 e. The Labute approximate surface area is 123 Å². The third-order valence-corrected chi connectivity index (χ3v) is 3.93. The maximum atomic E-state index is 12.1. The van der Waals surface area contributed by atoms with E-state index in [4.69, 9.17) is 4.65 Å². The molecule has 110 valence electrons. The fraction of sp³-hybridized carbons (Fsp3) is 0.429. The van der Waals surface area contributed by atoms with Gasteiger partial charge in [-0.2, -0.15) is 0 Å². The summed E-state index contributed by atoms with van der Waals surface area (Å²) in [5.41, 5.74) is 2.13. The summed E-state index contributed by atoms with van der Waals surface area (Å²) in [6, 6.07) is 5.32. The number of carbonyl (C=O) groups is 2. The minimum absolute atomic E-state index is 0.0866. The third-order valence-electron chi connectivity index (χ3n) is 3.93. The van der Waals surface area contributed by atoms with Gasteiger partial charge in [-0.3, -0.25) is 9.59 Å². The van der Waals surface area contributed by atoms with Crippen LogP contribution >= 0.6 is 0 Å². The Kier molecular flexibility index (Phi) is 3.94. The topological polar surface area (TPSA) is 87.7 Å². The minimum Gasteiger partial charge on any atom is -0.423 e. The molecule has 6 nitrogen and oxygen atoms in total. The average Bonchev–Trinajstić information content (AvgIpc) is 3.05. The lowest BCUT2D eigenvalue weighted by Gasteiger charge is -2.11. The molecule has 1 fully saturated rings. The van der Waals surface area contributed by atoms with Gasteiger partial charge in [0.1, 0.15) is 0 Å². The minimum atomic E-state index is -0.886. The number of rotatable bonds is 4. The van der Waals surface area contributed by atoms with Crippen molar-refractivity contribution in [2.45, 2.75) is 31.9 Å². The second-order valence-corrected chi connectivity index (χ2v) is 5.42. The largest absolute Gasteiger partial charge is 0.491 e. The van der Waals surface area contributed by atoms with E-state index in [2.05, 4.69) is 10.6 Å². The number of fused-ring (bicyclic) bond motifs is 1. The molecule has 0 radical (unpaired) electrons. The summed E-state index contributed by atoms with van der Waals surface area (Å²) in [4.78, 5) is 23.1. The highest BCUT2D eigenvalue weighted by atomic mass is 16.5. The molecule has 3 rings (SSSR count). The van der Waals surface area contributed by atoms with Gasteiger partial charge >= 0.3 is 7.12 Å². The third kappa shape index (κ3) is 3.09. The monoisotopic (exact) mass is 288 g/mol. The van der Waals surface area contributed by atoms with E-state index in [1.165, 1.54) is 0 Å². The fourth-order valence-electron chi connectivity index (χ4n) is 2.73. The van der Waals surface area contributed by atoms with Crippen molar-refractivity contribution < 1.29 is 19.3 Å². The van der Waals surface area contributed by atoms with Crippen LogP contribution in [0.3, 0.4) is 0 Å². The Morgan fingerprint density at radius 1 is 1.52 bits per heavy atom. The predicted molar refractivity (Wildman–Crippen MR) is 77.0 cm³/mol.